The van der Waals surface area contributed by atoms with E-state index < -0.39 is 0 Å². The number of anilines is 1. The molecule has 1 N–H and O–H groups in total. The van der Waals surface area contributed by atoms with Crippen LogP contribution in [0, 0.1) is 13.8 Å². The number of nitrogens with zero attached hydrogens (tertiary/aromatic N) is 4. The van der Waals surface area contributed by atoms with Gasteiger partial charge < -0.3 is 5.32 Å². The van der Waals surface area contributed by atoms with E-state index in [0.29, 0.717) is 22.4 Å². The summed E-state index contributed by atoms with van der Waals surface area (Å²) >= 11 is 0. The molecule has 5 rings (SSSR count). The first-order valence-corrected chi connectivity index (χ1v) is 10.3. The first-order chi connectivity index (χ1) is 15.5. The second-order valence-corrected chi connectivity index (χ2v) is 7.81. The number of hydrogen-bond acceptors (Lipinski definition) is 4. The zero-order valence-corrected chi connectivity index (χ0v) is 17.7. The molecule has 0 atom stereocenters. The zero-order chi connectivity index (χ0) is 22.2. The summed E-state index contributed by atoms with van der Waals surface area (Å²) in [5, 5.41) is 3.46. The van der Waals surface area contributed by atoms with E-state index in [4.69, 9.17) is 4.98 Å². The largest absolute Gasteiger partial charge is 0.308 e. The molecule has 0 aliphatic heterocycles. The molecule has 0 radical (unpaired) electrons. The molecule has 0 bridgehead atoms. The van der Waals surface area contributed by atoms with Crippen molar-refractivity contribution in [1.82, 2.24) is 18.9 Å². The Bertz CT molecular complexity index is 1530. The lowest BCUT2D eigenvalue weighted by molar-refractivity contribution is -0.116. The van der Waals surface area contributed by atoms with Crippen LogP contribution in [0.4, 0.5) is 5.82 Å². The fourth-order valence-corrected chi connectivity index (χ4v) is 3.84. The molecular weight excluding hydrogens is 402 g/mol. The topological polar surface area (TPSA) is 81.3 Å². The van der Waals surface area contributed by atoms with E-state index in [9.17, 15) is 9.59 Å². The Morgan fingerprint density at radius 2 is 1.81 bits per heavy atom. The Hall–Kier alpha value is -4.26. The molecule has 3 aromatic heterocycles. The van der Waals surface area contributed by atoms with Crippen molar-refractivity contribution in [2.75, 3.05) is 5.32 Å². The summed E-state index contributed by atoms with van der Waals surface area (Å²) in [6.45, 7) is 3.74. The molecule has 7 nitrogen and oxygen atoms in total. The molecule has 158 valence electrons. The van der Waals surface area contributed by atoms with Gasteiger partial charge in [0, 0.05) is 11.8 Å². The molecule has 0 unspecified atom stereocenters. The third-order valence-electron chi connectivity index (χ3n) is 5.44. The predicted molar refractivity (Wildman–Crippen MR) is 125 cm³/mol. The van der Waals surface area contributed by atoms with Crippen LogP contribution in [0.1, 0.15) is 11.1 Å². The van der Waals surface area contributed by atoms with Crippen LogP contribution >= 0.6 is 0 Å². The van der Waals surface area contributed by atoms with Crippen LogP contribution in [0.25, 0.3) is 27.8 Å². The van der Waals surface area contributed by atoms with Crippen molar-refractivity contribution in [3.8, 4) is 11.3 Å². The highest BCUT2D eigenvalue weighted by Gasteiger charge is 2.17. The van der Waals surface area contributed by atoms with Gasteiger partial charge in [-0.2, -0.15) is 0 Å². The number of rotatable bonds is 4. The van der Waals surface area contributed by atoms with Crippen LogP contribution < -0.4 is 10.9 Å². The Kier molecular flexibility index (Phi) is 4.78. The lowest BCUT2D eigenvalue weighted by Gasteiger charge is -2.10. The van der Waals surface area contributed by atoms with Crippen LogP contribution in [0.15, 0.2) is 78.0 Å². The van der Waals surface area contributed by atoms with Gasteiger partial charge in [-0.25, -0.2) is 9.97 Å². The maximum Gasteiger partial charge on any atom is 0.261 e. The van der Waals surface area contributed by atoms with Crippen LogP contribution in [0.2, 0.25) is 0 Å². The summed E-state index contributed by atoms with van der Waals surface area (Å²) in [6, 6.07) is 19.0. The number of carbonyl (C=O) groups excluding carboxylic acids is 1. The second kappa shape index (κ2) is 7.77. The lowest BCUT2D eigenvalue weighted by Crippen LogP contribution is -2.28. The summed E-state index contributed by atoms with van der Waals surface area (Å²) in [5.41, 5.74) is 4.65. The fraction of sp³-hybridized carbons (Fsp3) is 0.120. The molecule has 0 spiro atoms. The Morgan fingerprint density at radius 3 is 2.62 bits per heavy atom. The number of carbonyl (C=O) groups is 1. The number of amides is 1. The highest BCUT2D eigenvalue weighted by Crippen LogP contribution is 2.29. The van der Waals surface area contributed by atoms with E-state index in [2.05, 4.69) is 10.3 Å². The second-order valence-electron chi connectivity index (χ2n) is 7.81. The molecule has 32 heavy (non-hydrogen) atoms. The van der Waals surface area contributed by atoms with E-state index in [0.717, 1.165) is 22.3 Å². The van der Waals surface area contributed by atoms with Gasteiger partial charge in [0.25, 0.3) is 5.56 Å². The minimum Gasteiger partial charge on any atom is -0.308 e. The highest BCUT2D eigenvalue weighted by molar-refractivity contribution is 5.94. The van der Waals surface area contributed by atoms with Crippen molar-refractivity contribution in [3.05, 3.63) is 94.7 Å². The molecule has 0 saturated carbocycles. The van der Waals surface area contributed by atoms with Gasteiger partial charge in [0.15, 0.2) is 0 Å². The van der Waals surface area contributed by atoms with Crippen molar-refractivity contribution in [2.24, 2.45) is 0 Å². The van der Waals surface area contributed by atoms with Crippen molar-refractivity contribution in [1.29, 1.82) is 0 Å². The van der Waals surface area contributed by atoms with Gasteiger partial charge in [0.2, 0.25) is 5.91 Å². The fourth-order valence-electron chi connectivity index (χ4n) is 3.84. The normalized spacial score (nSPS) is 11.2. The molecule has 0 aliphatic carbocycles. The average Bonchev–Trinajstić information content (AvgIpc) is 3.14. The molecule has 3 heterocycles. The summed E-state index contributed by atoms with van der Waals surface area (Å²) in [5.74, 6) is 0.235. The maximum absolute atomic E-state index is 13.0. The zero-order valence-electron chi connectivity index (χ0n) is 17.7. The van der Waals surface area contributed by atoms with Gasteiger partial charge in [-0.3, -0.25) is 18.6 Å². The third-order valence-corrected chi connectivity index (χ3v) is 5.44. The summed E-state index contributed by atoms with van der Waals surface area (Å²) in [4.78, 5) is 35.0. The number of fused-ring (bicyclic) bond motifs is 2. The minimum absolute atomic E-state index is 0.150. The first kappa shape index (κ1) is 19.7. The number of hydrogen-bond donors (Lipinski definition) is 1. The smallest absolute Gasteiger partial charge is 0.261 e. The molecule has 5 aromatic rings. The predicted octanol–water partition coefficient (Wildman–Crippen LogP) is 3.97. The Labute approximate surface area is 184 Å². The summed E-state index contributed by atoms with van der Waals surface area (Å²) < 4.78 is 3.19. The van der Waals surface area contributed by atoms with E-state index >= 15 is 0 Å². The molecule has 0 aliphatic rings. The van der Waals surface area contributed by atoms with Crippen LogP contribution in [0.3, 0.4) is 0 Å². The minimum atomic E-state index is -0.332. The first-order valence-electron chi connectivity index (χ1n) is 10.3. The van der Waals surface area contributed by atoms with E-state index in [-0.39, 0.29) is 18.0 Å². The number of aryl methyl sites for hydroxylation is 2. The van der Waals surface area contributed by atoms with Crippen LogP contribution in [0.5, 0.6) is 0 Å². The van der Waals surface area contributed by atoms with Gasteiger partial charge in [0.05, 0.1) is 17.2 Å². The van der Waals surface area contributed by atoms with Gasteiger partial charge in [0.1, 0.15) is 23.7 Å². The average molecular weight is 423 g/mol. The number of para-hydroxylation sites is 1. The van der Waals surface area contributed by atoms with Crippen LogP contribution in [-0.2, 0) is 11.3 Å². The Balaban J connectivity index is 1.53. The molecule has 7 heteroatoms. The van der Waals surface area contributed by atoms with Gasteiger partial charge in [-0.15, -0.1) is 0 Å². The van der Waals surface area contributed by atoms with Gasteiger partial charge >= 0.3 is 0 Å². The molecule has 0 fully saturated rings. The summed E-state index contributed by atoms with van der Waals surface area (Å²) in [6.07, 6.45) is 3.35. The van der Waals surface area contributed by atoms with Gasteiger partial charge in [-0.1, -0.05) is 48.5 Å². The monoisotopic (exact) mass is 423 g/mol. The standard InChI is InChI=1S/C25H21N5O2/c1-16-11-12-20-27-23(18-8-4-3-5-9-18)24(30(20)13-16)28-21(31)14-29-15-26-22-17(2)7-6-10-19(22)25(29)32/h3-13,15H,14H2,1-2H3,(H,28,31). The van der Waals surface area contributed by atoms with Crippen molar-refractivity contribution in [3.63, 3.8) is 0 Å². The van der Waals surface area contributed by atoms with Crippen LogP contribution in [-0.4, -0.2) is 24.8 Å². The van der Waals surface area contributed by atoms with Crippen molar-refractivity contribution >= 4 is 28.3 Å². The van der Waals surface area contributed by atoms with Gasteiger partial charge in [-0.05, 0) is 37.1 Å². The number of benzene rings is 2. The summed E-state index contributed by atoms with van der Waals surface area (Å²) in [7, 11) is 0. The molecule has 2 aromatic carbocycles. The SMILES string of the molecule is Cc1ccc2nc(-c3ccccc3)c(NC(=O)Cn3cnc4c(C)cccc4c3=O)n2c1. The Morgan fingerprint density at radius 1 is 1.00 bits per heavy atom. The van der Waals surface area contributed by atoms with E-state index in [1.807, 2.05) is 79.0 Å². The number of pyridine rings is 1. The number of nitrogens with one attached hydrogen (secondary N) is 1. The maximum atomic E-state index is 13.0. The lowest BCUT2D eigenvalue weighted by atomic mass is 10.1. The number of imidazole rings is 1. The van der Waals surface area contributed by atoms with E-state index in [1.54, 1.807) is 6.07 Å². The highest BCUT2D eigenvalue weighted by atomic mass is 16.2. The van der Waals surface area contributed by atoms with Crippen molar-refractivity contribution < 1.29 is 4.79 Å². The molecule has 0 saturated heterocycles. The molecule has 1 amide bonds. The van der Waals surface area contributed by atoms with E-state index in [1.165, 1.54) is 10.9 Å². The molecular formula is C25H21N5O2. The van der Waals surface area contributed by atoms with Crippen molar-refractivity contribution in [2.45, 2.75) is 20.4 Å². The number of aromatic nitrogens is 4. The quantitative estimate of drug-likeness (QED) is 0.474. The third kappa shape index (κ3) is 3.43.